The van der Waals surface area contributed by atoms with E-state index in [1.807, 2.05) is 55.7 Å². The van der Waals surface area contributed by atoms with Crippen molar-refractivity contribution >= 4 is 22.8 Å². The number of hydrogen-bond donors (Lipinski definition) is 2. The topological polar surface area (TPSA) is 116 Å². The summed E-state index contributed by atoms with van der Waals surface area (Å²) >= 11 is 0. The van der Waals surface area contributed by atoms with Gasteiger partial charge in [0.2, 0.25) is 0 Å². The number of allylic oxidation sites excluding steroid dienone is 1. The molecule has 0 unspecified atom stereocenters. The summed E-state index contributed by atoms with van der Waals surface area (Å²) in [6.45, 7) is 6.34. The number of morpholine rings is 1. The van der Waals surface area contributed by atoms with Crippen LogP contribution in [0.1, 0.15) is 11.1 Å². The molecule has 4 rings (SSSR count). The highest BCUT2D eigenvalue weighted by atomic mass is 16.5. The standard InChI is InChI=1S/C27H33N7O2/c1-33(2)7-12-36-26-4-3-20(13-21(26)15-28)25-19-32-27-24(25)14-22(18-31-27)23(16-29)17-30-5-6-34-8-10-35-11-9-34/h3-4,13-14,16-19H,5-12,29H2,1-2H3,(H,31,32)/b23-16+,30-17?. The number of aromatic nitrogens is 2. The predicted octanol–water partition coefficient (Wildman–Crippen LogP) is 2.74. The van der Waals surface area contributed by atoms with Crippen LogP contribution >= 0.6 is 0 Å². The zero-order chi connectivity index (χ0) is 25.3. The average Bonchev–Trinajstić information content (AvgIpc) is 3.32. The summed E-state index contributed by atoms with van der Waals surface area (Å²) in [4.78, 5) is 16.8. The fourth-order valence-corrected chi connectivity index (χ4v) is 4.05. The van der Waals surface area contributed by atoms with Gasteiger partial charge in [-0.05, 0) is 37.9 Å². The van der Waals surface area contributed by atoms with E-state index in [1.165, 1.54) is 0 Å². The second-order valence-corrected chi connectivity index (χ2v) is 8.91. The Hall–Kier alpha value is -3.71. The maximum Gasteiger partial charge on any atom is 0.137 e. The van der Waals surface area contributed by atoms with Crippen molar-refractivity contribution in [3.8, 4) is 22.9 Å². The van der Waals surface area contributed by atoms with Crippen LogP contribution in [0.2, 0.25) is 0 Å². The van der Waals surface area contributed by atoms with E-state index in [1.54, 1.807) is 12.4 Å². The van der Waals surface area contributed by atoms with Gasteiger partial charge in [-0.1, -0.05) is 6.07 Å². The van der Waals surface area contributed by atoms with Crippen LogP contribution in [0.4, 0.5) is 0 Å². The molecule has 1 aliphatic rings. The van der Waals surface area contributed by atoms with Crippen molar-refractivity contribution < 1.29 is 9.47 Å². The van der Waals surface area contributed by atoms with E-state index in [9.17, 15) is 5.26 Å². The molecule has 0 bridgehead atoms. The zero-order valence-electron chi connectivity index (χ0n) is 20.9. The van der Waals surface area contributed by atoms with Gasteiger partial charge in [-0.2, -0.15) is 5.26 Å². The molecule has 3 aromatic rings. The van der Waals surface area contributed by atoms with Gasteiger partial charge in [0.25, 0.3) is 0 Å². The summed E-state index contributed by atoms with van der Waals surface area (Å²) in [6, 6.07) is 9.98. The lowest BCUT2D eigenvalue weighted by molar-refractivity contribution is 0.0395. The summed E-state index contributed by atoms with van der Waals surface area (Å²) in [5.41, 5.74) is 10.8. The SMILES string of the molecule is CN(C)CCOc1ccc(-c2c[nH]c3ncc(/C(C=NCCN4CCOCC4)=C/N)cc23)cc1C#N. The summed E-state index contributed by atoms with van der Waals surface area (Å²) in [5.74, 6) is 0.586. The minimum atomic E-state index is 0.500. The van der Waals surface area contributed by atoms with Crippen molar-refractivity contribution in [1.82, 2.24) is 19.8 Å². The minimum Gasteiger partial charge on any atom is -0.491 e. The molecule has 0 saturated carbocycles. The van der Waals surface area contributed by atoms with E-state index < -0.39 is 0 Å². The Morgan fingerprint density at radius 1 is 1.33 bits per heavy atom. The van der Waals surface area contributed by atoms with Gasteiger partial charge < -0.3 is 25.1 Å². The van der Waals surface area contributed by atoms with Crippen LogP contribution in [-0.2, 0) is 4.74 Å². The molecular formula is C27H33N7O2. The third-order valence-corrected chi connectivity index (χ3v) is 6.13. The number of fused-ring (bicyclic) bond motifs is 1. The van der Waals surface area contributed by atoms with Gasteiger partial charge in [-0.15, -0.1) is 0 Å². The second-order valence-electron chi connectivity index (χ2n) is 8.91. The third-order valence-electron chi connectivity index (χ3n) is 6.13. The highest BCUT2D eigenvalue weighted by molar-refractivity contribution is 6.11. The van der Waals surface area contributed by atoms with E-state index in [2.05, 4.69) is 25.9 Å². The van der Waals surface area contributed by atoms with Gasteiger partial charge in [0, 0.05) is 73.1 Å². The Kier molecular flexibility index (Phi) is 8.68. The first-order valence-electron chi connectivity index (χ1n) is 12.1. The summed E-state index contributed by atoms with van der Waals surface area (Å²) in [5, 5.41) is 10.6. The van der Waals surface area contributed by atoms with Crippen molar-refractivity contribution in [3.05, 3.63) is 54.0 Å². The Balaban J connectivity index is 1.52. The lowest BCUT2D eigenvalue weighted by atomic mass is 10.0. The number of aromatic amines is 1. The summed E-state index contributed by atoms with van der Waals surface area (Å²) in [7, 11) is 3.97. The van der Waals surface area contributed by atoms with E-state index in [0.717, 1.165) is 72.7 Å². The molecule has 1 saturated heterocycles. The van der Waals surface area contributed by atoms with Crippen LogP contribution < -0.4 is 10.5 Å². The maximum atomic E-state index is 9.69. The molecule has 0 radical (unpaired) electrons. The Labute approximate surface area is 211 Å². The molecule has 1 aliphatic heterocycles. The van der Waals surface area contributed by atoms with Crippen LogP contribution in [0.5, 0.6) is 5.75 Å². The first-order chi connectivity index (χ1) is 17.6. The number of nitrogens with one attached hydrogen (secondary N) is 1. The van der Waals surface area contributed by atoms with Crippen molar-refractivity contribution in [2.24, 2.45) is 10.7 Å². The van der Waals surface area contributed by atoms with Gasteiger partial charge in [-0.25, -0.2) is 4.98 Å². The number of nitrogens with zero attached hydrogens (tertiary/aromatic N) is 5. The van der Waals surface area contributed by atoms with Crippen molar-refractivity contribution in [1.29, 1.82) is 5.26 Å². The van der Waals surface area contributed by atoms with Crippen molar-refractivity contribution in [3.63, 3.8) is 0 Å². The molecule has 1 fully saturated rings. The summed E-state index contributed by atoms with van der Waals surface area (Å²) < 4.78 is 11.2. The van der Waals surface area contributed by atoms with E-state index in [-0.39, 0.29) is 0 Å². The van der Waals surface area contributed by atoms with Crippen LogP contribution in [0.25, 0.3) is 27.7 Å². The molecular weight excluding hydrogens is 454 g/mol. The molecule has 0 aliphatic carbocycles. The molecule has 9 heteroatoms. The molecule has 188 valence electrons. The van der Waals surface area contributed by atoms with Gasteiger partial charge in [-0.3, -0.25) is 9.89 Å². The van der Waals surface area contributed by atoms with Crippen LogP contribution in [-0.4, -0.2) is 92.6 Å². The fourth-order valence-electron chi connectivity index (χ4n) is 4.05. The maximum absolute atomic E-state index is 9.69. The Morgan fingerprint density at radius 2 is 2.17 bits per heavy atom. The van der Waals surface area contributed by atoms with Crippen LogP contribution in [0.3, 0.4) is 0 Å². The Bertz CT molecular complexity index is 1270. The minimum absolute atomic E-state index is 0.500. The molecule has 3 N–H and O–H groups in total. The molecule has 3 heterocycles. The average molecular weight is 488 g/mol. The number of nitrogens with two attached hydrogens (primary N) is 1. The highest BCUT2D eigenvalue weighted by Gasteiger charge is 2.13. The monoisotopic (exact) mass is 487 g/mol. The van der Waals surface area contributed by atoms with E-state index in [4.69, 9.17) is 15.2 Å². The molecule has 9 nitrogen and oxygen atoms in total. The van der Waals surface area contributed by atoms with Crippen LogP contribution in [0, 0.1) is 11.3 Å². The first kappa shape index (κ1) is 25.4. The predicted molar refractivity (Wildman–Crippen MR) is 143 cm³/mol. The molecule has 0 atom stereocenters. The van der Waals surface area contributed by atoms with Crippen molar-refractivity contribution in [2.45, 2.75) is 0 Å². The molecule has 1 aromatic carbocycles. The number of aliphatic imine (C=N–C) groups is 1. The van der Waals surface area contributed by atoms with Gasteiger partial charge in [0.05, 0.1) is 25.3 Å². The van der Waals surface area contributed by atoms with Crippen molar-refractivity contribution in [2.75, 3.05) is 66.6 Å². The molecule has 36 heavy (non-hydrogen) atoms. The zero-order valence-corrected chi connectivity index (χ0v) is 20.9. The molecule has 0 amide bonds. The molecule has 0 spiro atoms. The first-order valence-corrected chi connectivity index (χ1v) is 12.1. The lowest BCUT2D eigenvalue weighted by Crippen LogP contribution is -2.37. The number of likely N-dealkylation sites (N-methyl/N-ethyl adjacent to an activating group) is 1. The smallest absolute Gasteiger partial charge is 0.137 e. The number of nitriles is 1. The number of hydrogen-bond acceptors (Lipinski definition) is 8. The number of rotatable bonds is 10. The summed E-state index contributed by atoms with van der Waals surface area (Å²) in [6.07, 6.45) is 7.06. The number of H-pyrrole nitrogens is 1. The van der Waals surface area contributed by atoms with Crippen LogP contribution in [0.15, 0.2) is 47.9 Å². The number of ether oxygens (including phenoxy) is 2. The van der Waals surface area contributed by atoms with E-state index in [0.29, 0.717) is 24.5 Å². The number of benzene rings is 1. The van der Waals surface area contributed by atoms with Gasteiger partial charge in [0.15, 0.2) is 0 Å². The Morgan fingerprint density at radius 3 is 2.92 bits per heavy atom. The highest BCUT2D eigenvalue weighted by Crippen LogP contribution is 2.32. The van der Waals surface area contributed by atoms with Gasteiger partial charge in [0.1, 0.15) is 24.1 Å². The quantitative estimate of drug-likeness (QED) is 0.423. The van der Waals surface area contributed by atoms with E-state index >= 15 is 0 Å². The third kappa shape index (κ3) is 6.29. The normalized spacial score (nSPS) is 15.1. The lowest BCUT2D eigenvalue weighted by Gasteiger charge is -2.25. The largest absolute Gasteiger partial charge is 0.491 e. The fraction of sp³-hybridized carbons (Fsp3) is 0.370. The molecule has 2 aromatic heterocycles. The van der Waals surface area contributed by atoms with Gasteiger partial charge >= 0.3 is 0 Å². The second kappa shape index (κ2) is 12.3. The number of pyridine rings is 1.